The second-order valence-electron chi connectivity index (χ2n) is 6.64. The number of fused-ring (bicyclic) bond motifs is 1. The number of aliphatic hydroxyl groups is 1. The Kier molecular flexibility index (Phi) is 3.88. The van der Waals surface area contributed by atoms with Crippen LogP contribution in [-0.4, -0.2) is 50.8 Å². The molecule has 2 aromatic rings. The molecule has 0 bridgehead atoms. The first-order valence-electron chi connectivity index (χ1n) is 8.12. The molecule has 0 radical (unpaired) electrons. The zero-order valence-electron chi connectivity index (χ0n) is 13.7. The summed E-state index contributed by atoms with van der Waals surface area (Å²) in [6.45, 7) is 4.23. The summed E-state index contributed by atoms with van der Waals surface area (Å²) >= 11 is 0. The van der Waals surface area contributed by atoms with Crippen LogP contribution in [0.15, 0.2) is 36.5 Å². The lowest BCUT2D eigenvalue weighted by Gasteiger charge is -2.23. The summed E-state index contributed by atoms with van der Waals surface area (Å²) in [6, 6.07) is 10.0. The van der Waals surface area contributed by atoms with Gasteiger partial charge in [0.25, 0.3) is 0 Å². The van der Waals surface area contributed by atoms with Crippen molar-refractivity contribution in [2.45, 2.75) is 50.6 Å². The molecule has 4 rings (SSSR count). The van der Waals surface area contributed by atoms with Crippen molar-refractivity contribution in [2.24, 2.45) is 0 Å². The number of aliphatic hydroxyl groups excluding tert-OH is 1. The highest BCUT2D eigenvalue weighted by atomic mass is 16.8. The van der Waals surface area contributed by atoms with Crippen molar-refractivity contribution in [3.05, 3.63) is 47.8 Å². The molecule has 128 valence electrons. The van der Waals surface area contributed by atoms with E-state index in [1.165, 1.54) is 0 Å². The van der Waals surface area contributed by atoms with Gasteiger partial charge in [-0.3, -0.25) is 0 Å². The Morgan fingerprint density at radius 1 is 1.17 bits per heavy atom. The van der Waals surface area contributed by atoms with Gasteiger partial charge in [0.05, 0.1) is 25.0 Å². The lowest BCUT2D eigenvalue weighted by Crippen LogP contribution is -2.31. The highest BCUT2D eigenvalue weighted by molar-refractivity contribution is 5.17. The summed E-state index contributed by atoms with van der Waals surface area (Å²) in [6.07, 6.45) is 0.328. The van der Waals surface area contributed by atoms with E-state index < -0.39 is 11.9 Å². The third-order valence-corrected chi connectivity index (χ3v) is 4.44. The van der Waals surface area contributed by atoms with Gasteiger partial charge in [0.1, 0.15) is 24.4 Å². The van der Waals surface area contributed by atoms with Gasteiger partial charge < -0.3 is 19.3 Å². The van der Waals surface area contributed by atoms with E-state index in [1.54, 1.807) is 6.20 Å². The van der Waals surface area contributed by atoms with Crippen molar-refractivity contribution in [1.29, 1.82) is 0 Å². The van der Waals surface area contributed by atoms with Crippen LogP contribution in [-0.2, 0) is 20.8 Å². The summed E-state index contributed by atoms with van der Waals surface area (Å²) in [4.78, 5) is 0. The minimum atomic E-state index is -0.692. The van der Waals surface area contributed by atoms with Crippen molar-refractivity contribution in [1.82, 2.24) is 15.0 Å². The Morgan fingerprint density at radius 3 is 2.67 bits per heavy atom. The summed E-state index contributed by atoms with van der Waals surface area (Å²) in [7, 11) is 0. The predicted molar refractivity (Wildman–Crippen MR) is 84.1 cm³/mol. The van der Waals surface area contributed by atoms with Crippen LogP contribution < -0.4 is 0 Å². The Labute approximate surface area is 140 Å². The van der Waals surface area contributed by atoms with Gasteiger partial charge in [-0.25, -0.2) is 4.68 Å². The number of hydrogen-bond acceptors (Lipinski definition) is 6. The van der Waals surface area contributed by atoms with Crippen molar-refractivity contribution in [3.8, 4) is 0 Å². The minimum Gasteiger partial charge on any atom is -0.394 e. The monoisotopic (exact) mass is 331 g/mol. The third-order valence-electron chi connectivity index (χ3n) is 4.44. The average molecular weight is 331 g/mol. The van der Waals surface area contributed by atoms with Crippen LogP contribution in [0.5, 0.6) is 0 Å². The fraction of sp³-hybridized carbons (Fsp3) is 0.529. The molecule has 1 aromatic carbocycles. The van der Waals surface area contributed by atoms with E-state index in [0.717, 1.165) is 11.3 Å². The maximum absolute atomic E-state index is 9.60. The highest BCUT2D eigenvalue weighted by Gasteiger charge is 2.56. The minimum absolute atomic E-state index is 0.114. The van der Waals surface area contributed by atoms with Crippen molar-refractivity contribution < 1.29 is 19.3 Å². The Morgan fingerprint density at radius 2 is 1.92 bits per heavy atom. The molecule has 3 heterocycles. The molecular weight excluding hydrogens is 310 g/mol. The molecule has 0 saturated carbocycles. The molecule has 2 aliphatic heterocycles. The van der Waals surface area contributed by atoms with Crippen LogP contribution in [0, 0.1) is 0 Å². The number of ether oxygens (including phenoxy) is 3. The van der Waals surface area contributed by atoms with E-state index in [9.17, 15) is 5.11 Å². The lowest BCUT2D eigenvalue weighted by molar-refractivity contribution is -0.191. The zero-order valence-corrected chi connectivity index (χ0v) is 13.7. The molecule has 2 saturated heterocycles. The van der Waals surface area contributed by atoms with Gasteiger partial charge in [0.15, 0.2) is 5.79 Å². The van der Waals surface area contributed by atoms with Gasteiger partial charge in [-0.2, -0.15) is 0 Å². The summed E-state index contributed by atoms with van der Waals surface area (Å²) in [5, 5.41) is 17.8. The maximum atomic E-state index is 9.60. The first-order valence-corrected chi connectivity index (χ1v) is 8.12. The molecular formula is C17H21N3O4. The summed E-state index contributed by atoms with van der Waals surface area (Å²) in [5.74, 6) is -0.692. The SMILES string of the molecule is CC1(C)O[C@@H]2[C@H](O1)[C@@H](CO)O[C@H]2c1cnnn1Cc1ccccc1. The fourth-order valence-corrected chi connectivity index (χ4v) is 3.43. The lowest BCUT2D eigenvalue weighted by atomic mass is 10.1. The van der Waals surface area contributed by atoms with E-state index in [1.807, 2.05) is 48.9 Å². The van der Waals surface area contributed by atoms with Crippen LogP contribution >= 0.6 is 0 Å². The van der Waals surface area contributed by atoms with E-state index in [2.05, 4.69) is 10.3 Å². The van der Waals surface area contributed by atoms with Gasteiger partial charge in [-0.1, -0.05) is 35.5 Å². The second-order valence-corrected chi connectivity index (χ2v) is 6.64. The molecule has 2 fully saturated rings. The summed E-state index contributed by atoms with van der Waals surface area (Å²) < 4.78 is 19.7. The topological polar surface area (TPSA) is 78.6 Å². The summed E-state index contributed by atoms with van der Waals surface area (Å²) in [5.41, 5.74) is 1.95. The van der Waals surface area contributed by atoms with Gasteiger partial charge >= 0.3 is 0 Å². The quantitative estimate of drug-likeness (QED) is 0.909. The second kappa shape index (κ2) is 5.93. The average Bonchev–Trinajstić information content (AvgIpc) is 3.21. The normalized spacial score (nSPS) is 31.3. The molecule has 0 spiro atoms. The molecule has 1 aromatic heterocycles. The molecule has 0 amide bonds. The first-order chi connectivity index (χ1) is 11.6. The van der Waals surface area contributed by atoms with E-state index >= 15 is 0 Å². The van der Waals surface area contributed by atoms with E-state index in [4.69, 9.17) is 14.2 Å². The Balaban J connectivity index is 1.61. The van der Waals surface area contributed by atoms with Crippen molar-refractivity contribution >= 4 is 0 Å². The first kappa shape index (κ1) is 15.7. The largest absolute Gasteiger partial charge is 0.394 e. The molecule has 2 aliphatic rings. The number of rotatable bonds is 4. The smallest absolute Gasteiger partial charge is 0.164 e. The molecule has 1 N–H and O–H groups in total. The van der Waals surface area contributed by atoms with E-state index in [0.29, 0.717) is 6.54 Å². The molecule has 24 heavy (non-hydrogen) atoms. The van der Waals surface area contributed by atoms with Crippen molar-refractivity contribution in [2.75, 3.05) is 6.61 Å². The number of aromatic nitrogens is 3. The number of hydrogen-bond donors (Lipinski definition) is 1. The number of nitrogens with zero attached hydrogens (tertiary/aromatic N) is 3. The predicted octanol–water partition coefficient (Wildman–Crippen LogP) is 1.28. The van der Waals surface area contributed by atoms with Gasteiger partial charge in [0.2, 0.25) is 0 Å². The molecule has 4 atom stereocenters. The molecule has 0 aliphatic carbocycles. The van der Waals surface area contributed by atoms with Crippen LogP contribution in [0.1, 0.15) is 31.2 Å². The van der Waals surface area contributed by atoms with Crippen LogP contribution in [0.3, 0.4) is 0 Å². The zero-order chi connectivity index (χ0) is 16.7. The third kappa shape index (κ3) is 2.73. The van der Waals surface area contributed by atoms with Gasteiger partial charge in [0, 0.05) is 0 Å². The Hall–Kier alpha value is -1.80. The van der Waals surface area contributed by atoms with E-state index in [-0.39, 0.29) is 24.9 Å². The Bertz CT molecular complexity index is 703. The number of benzene rings is 1. The van der Waals surface area contributed by atoms with Crippen LogP contribution in [0.2, 0.25) is 0 Å². The molecule has 7 heteroatoms. The highest BCUT2D eigenvalue weighted by Crippen LogP contribution is 2.44. The standard InChI is InChI=1S/C17H21N3O4/c1-17(2)23-15-13(10-21)22-14(16(15)24-17)12-8-18-19-20(12)9-11-6-4-3-5-7-11/h3-8,13-16,21H,9-10H2,1-2H3/t13-,14+,15-,16+/m1/s1. The van der Waals surface area contributed by atoms with Crippen LogP contribution in [0.4, 0.5) is 0 Å². The van der Waals surface area contributed by atoms with Gasteiger partial charge in [-0.05, 0) is 19.4 Å². The van der Waals surface area contributed by atoms with Gasteiger partial charge in [-0.15, -0.1) is 5.10 Å². The maximum Gasteiger partial charge on any atom is 0.164 e. The molecule has 0 unspecified atom stereocenters. The van der Waals surface area contributed by atoms with Crippen LogP contribution in [0.25, 0.3) is 0 Å². The molecule has 7 nitrogen and oxygen atoms in total. The van der Waals surface area contributed by atoms with Crippen molar-refractivity contribution in [3.63, 3.8) is 0 Å². The fourth-order valence-electron chi connectivity index (χ4n) is 3.43.